The Morgan fingerprint density at radius 3 is 2.66 bits per heavy atom. The lowest BCUT2D eigenvalue weighted by Crippen LogP contribution is -2.43. The Hall–Kier alpha value is -1.79. The fourth-order valence-corrected chi connectivity index (χ4v) is 9.95. The van der Waals surface area contributed by atoms with E-state index in [-0.39, 0.29) is 17.0 Å². The van der Waals surface area contributed by atoms with Gasteiger partial charge in [-0.3, -0.25) is 9.59 Å². The number of aldehydes is 1. The Morgan fingerprint density at radius 2 is 2.08 bits per heavy atom. The number of benzene rings is 1. The number of nitrogens with zero attached hydrogens (tertiary/aromatic N) is 2. The fourth-order valence-electron chi connectivity index (χ4n) is 5.86. The molecule has 10 heteroatoms. The predicted octanol–water partition coefficient (Wildman–Crippen LogP) is 3.59. The SMILES string of the molecule is C=[P+](O)C(CC)(CCCNCCn1cc(C=O)c(=O)c2ccc(N3CCCC(N)C3)c(CC)c21)P(=C)(C)O. The van der Waals surface area contributed by atoms with Crippen LogP contribution in [0.4, 0.5) is 5.69 Å². The van der Waals surface area contributed by atoms with Crippen LogP contribution >= 0.6 is 14.9 Å². The molecule has 1 aliphatic rings. The van der Waals surface area contributed by atoms with E-state index < -0.39 is 19.8 Å². The lowest BCUT2D eigenvalue weighted by atomic mass is 9.99. The zero-order valence-corrected chi connectivity index (χ0v) is 24.9. The van der Waals surface area contributed by atoms with E-state index in [9.17, 15) is 19.4 Å². The number of hydrogen-bond donors (Lipinski definition) is 4. The summed E-state index contributed by atoms with van der Waals surface area (Å²) in [4.78, 5) is 47.6. The second kappa shape index (κ2) is 13.0. The number of hydrogen-bond acceptors (Lipinski definition) is 7. The maximum Gasteiger partial charge on any atom is 0.256 e. The summed E-state index contributed by atoms with van der Waals surface area (Å²) in [5, 5.41) is 4.03. The van der Waals surface area contributed by atoms with Gasteiger partial charge in [0.25, 0.3) is 7.77 Å². The minimum Gasteiger partial charge on any atom is -0.372 e. The van der Waals surface area contributed by atoms with Crippen LogP contribution in [0, 0.1) is 0 Å². The van der Waals surface area contributed by atoms with E-state index in [1.165, 1.54) is 0 Å². The van der Waals surface area contributed by atoms with Crippen molar-refractivity contribution in [1.82, 2.24) is 9.88 Å². The van der Waals surface area contributed by atoms with Crippen molar-refractivity contribution in [1.29, 1.82) is 0 Å². The lowest BCUT2D eigenvalue weighted by Gasteiger charge is -2.34. The standard InChI is InChI=1S/C28H45N4O4P2/c1-6-23-25(31-16-8-10-22(29)19-31)12-11-24-26(23)32(18-21(20-33)27(24)34)17-15-30-14-9-13-28(7-2,37(3)35)38(4,5)36/h11-12,18,20,22,30,35-36H,3-4,6-10,13-17,19,29H2,1-2,5H3/q+1. The first kappa shape index (κ1) is 30.7. The highest BCUT2D eigenvalue weighted by Gasteiger charge is 2.48. The van der Waals surface area contributed by atoms with Gasteiger partial charge >= 0.3 is 0 Å². The second-order valence-electron chi connectivity index (χ2n) is 10.6. The summed E-state index contributed by atoms with van der Waals surface area (Å²) in [6, 6.07) is 4.00. The number of carbonyl (C=O) groups excluding carboxylic acids is 1. The third-order valence-corrected chi connectivity index (χ3v) is 13.8. The molecule has 38 heavy (non-hydrogen) atoms. The van der Waals surface area contributed by atoms with Gasteiger partial charge in [-0.25, -0.2) is 0 Å². The van der Waals surface area contributed by atoms with Crippen molar-refractivity contribution in [3.8, 4) is 0 Å². The van der Waals surface area contributed by atoms with Crippen LogP contribution in [0.15, 0.2) is 23.1 Å². The highest BCUT2D eigenvalue weighted by Crippen LogP contribution is 2.65. The molecule has 1 aliphatic heterocycles. The van der Waals surface area contributed by atoms with Crippen LogP contribution in [0.5, 0.6) is 0 Å². The first-order chi connectivity index (χ1) is 18.0. The molecule has 5 N–H and O–H groups in total. The van der Waals surface area contributed by atoms with Gasteiger partial charge in [-0.05, 0) is 63.0 Å². The number of rotatable bonds is 13. The molecule has 0 aliphatic carbocycles. The van der Waals surface area contributed by atoms with E-state index in [2.05, 4.69) is 29.7 Å². The predicted molar refractivity (Wildman–Crippen MR) is 166 cm³/mol. The van der Waals surface area contributed by atoms with Crippen LogP contribution in [0.3, 0.4) is 0 Å². The Labute approximate surface area is 227 Å². The van der Waals surface area contributed by atoms with Gasteiger partial charge in [0, 0.05) is 63.0 Å². The van der Waals surface area contributed by atoms with Crippen molar-refractivity contribution in [3.05, 3.63) is 39.7 Å². The van der Waals surface area contributed by atoms with Crippen molar-refractivity contribution < 1.29 is 14.6 Å². The van der Waals surface area contributed by atoms with Gasteiger partial charge in [0.1, 0.15) is 6.30 Å². The Balaban J connectivity index is 1.82. The van der Waals surface area contributed by atoms with Crippen molar-refractivity contribution in [2.45, 2.75) is 69.9 Å². The van der Waals surface area contributed by atoms with Gasteiger partial charge < -0.3 is 25.4 Å². The van der Waals surface area contributed by atoms with Crippen LogP contribution in [0.1, 0.15) is 61.9 Å². The molecule has 2 heterocycles. The van der Waals surface area contributed by atoms with Gasteiger partial charge in [-0.15, -0.1) is 0 Å². The minimum atomic E-state index is -2.53. The first-order valence-electron chi connectivity index (χ1n) is 13.6. The lowest BCUT2D eigenvalue weighted by molar-refractivity contribution is 0.112. The van der Waals surface area contributed by atoms with Crippen molar-refractivity contribution in [3.63, 3.8) is 0 Å². The Morgan fingerprint density at radius 1 is 1.34 bits per heavy atom. The van der Waals surface area contributed by atoms with Crippen molar-refractivity contribution in [2.75, 3.05) is 37.7 Å². The molecule has 1 aromatic heterocycles. The molecule has 0 bridgehead atoms. The third kappa shape index (κ3) is 6.33. The average molecular weight is 564 g/mol. The van der Waals surface area contributed by atoms with E-state index in [0.717, 1.165) is 55.5 Å². The number of nitrogens with two attached hydrogens (primary N) is 1. The number of pyridine rings is 1. The number of nitrogens with one attached hydrogen (secondary N) is 1. The van der Waals surface area contributed by atoms with Crippen LogP contribution in [0.2, 0.25) is 0 Å². The van der Waals surface area contributed by atoms with E-state index in [0.29, 0.717) is 44.1 Å². The van der Waals surface area contributed by atoms with E-state index >= 15 is 0 Å². The molecule has 1 aromatic carbocycles. The van der Waals surface area contributed by atoms with Gasteiger partial charge in [-0.1, -0.05) is 20.1 Å². The summed E-state index contributed by atoms with van der Waals surface area (Å²) in [5.74, 6) is 0. The van der Waals surface area contributed by atoms with Crippen LogP contribution in [-0.4, -0.2) is 77.0 Å². The molecule has 4 unspecified atom stereocenters. The number of aryl methyl sites for hydroxylation is 1. The third-order valence-electron chi connectivity index (χ3n) is 8.03. The van der Waals surface area contributed by atoms with E-state index in [4.69, 9.17) is 5.73 Å². The topological polar surface area (TPSA) is 121 Å². The summed E-state index contributed by atoms with van der Waals surface area (Å²) in [5.41, 5.74) is 9.29. The monoisotopic (exact) mass is 563 g/mol. The average Bonchev–Trinajstić information content (AvgIpc) is 2.87. The van der Waals surface area contributed by atoms with Crippen molar-refractivity contribution >= 4 is 50.4 Å². The summed E-state index contributed by atoms with van der Waals surface area (Å²) in [6.07, 6.45) is 15.1. The number of aromatic nitrogens is 1. The molecule has 1 saturated heterocycles. The first-order valence-corrected chi connectivity index (χ1v) is 17.4. The largest absolute Gasteiger partial charge is 0.372 e. The van der Waals surface area contributed by atoms with Crippen LogP contribution < -0.4 is 21.4 Å². The second-order valence-corrected chi connectivity index (χ2v) is 15.8. The molecular weight excluding hydrogens is 518 g/mol. The molecule has 4 atom stereocenters. The van der Waals surface area contributed by atoms with Gasteiger partial charge in [-0.2, -0.15) is 4.89 Å². The molecule has 8 nitrogen and oxygen atoms in total. The van der Waals surface area contributed by atoms with Crippen LogP contribution in [-0.2, 0) is 13.0 Å². The molecule has 0 radical (unpaired) electrons. The normalized spacial score (nSPS) is 19.7. The maximum atomic E-state index is 13.1. The summed E-state index contributed by atoms with van der Waals surface area (Å²) >= 11 is 0. The number of piperidine rings is 1. The molecule has 210 valence electrons. The van der Waals surface area contributed by atoms with E-state index in [1.54, 1.807) is 12.9 Å². The summed E-state index contributed by atoms with van der Waals surface area (Å²) < 4.78 is 2.03. The molecular formula is C28H45N4O4P2+. The number of carbonyl (C=O) groups is 1. The highest BCUT2D eigenvalue weighted by molar-refractivity contribution is 7.80. The molecule has 3 rings (SSSR count). The van der Waals surface area contributed by atoms with E-state index in [1.807, 2.05) is 23.6 Å². The maximum absolute atomic E-state index is 13.1. The number of fused-ring (bicyclic) bond motifs is 1. The number of anilines is 1. The molecule has 0 saturated carbocycles. The molecule has 0 amide bonds. The molecule has 1 fully saturated rings. The zero-order chi connectivity index (χ0) is 28.1. The molecule has 0 spiro atoms. The summed E-state index contributed by atoms with van der Waals surface area (Å²) in [7, 11) is -4.09. The highest BCUT2D eigenvalue weighted by atomic mass is 31.2. The molecule has 2 aromatic rings. The van der Waals surface area contributed by atoms with Gasteiger partial charge in [0.15, 0.2) is 16.6 Å². The smallest absolute Gasteiger partial charge is 0.256 e. The van der Waals surface area contributed by atoms with Crippen LogP contribution in [0.25, 0.3) is 10.9 Å². The fraction of sp³-hybridized carbons (Fsp3) is 0.571. The minimum absolute atomic E-state index is 0.139. The van der Waals surface area contributed by atoms with Gasteiger partial charge in [0.2, 0.25) is 0 Å². The van der Waals surface area contributed by atoms with Gasteiger partial charge in [0.05, 0.1) is 11.1 Å². The Kier molecular flexibility index (Phi) is 10.6. The zero-order valence-electron chi connectivity index (χ0n) is 23.2. The summed E-state index contributed by atoms with van der Waals surface area (Å²) in [6.45, 7) is 9.51. The quantitative estimate of drug-likeness (QED) is 0.167. The van der Waals surface area contributed by atoms with Crippen molar-refractivity contribution in [2.24, 2.45) is 5.73 Å². The Bertz CT molecular complexity index is 1270.